The predicted octanol–water partition coefficient (Wildman–Crippen LogP) is 4.24. The van der Waals surface area contributed by atoms with Gasteiger partial charge in [-0.05, 0) is 49.7 Å². The van der Waals surface area contributed by atoms with Crippen LogP contribution < -0.4 is 10.1 Å². The fourth-order valence-electron chi connectivity index (χ4n) is 2.72. The van der Waals surface area contributed by atoms with Crippen LogP contribution in [0.15, 0.2) is 55.0 Å². The number of hydrogen-bond acceptors (Lipinski definition) is 5. The summed E-state index contributed by atoms with van der Waals surface area (Å²) in [5, 5.41) is 3.39. The number of aromatic nitrogens is 3. The second kappa shape index (κ2) is 7.20. The Hall–Kier alpha value is -3.19. The molecule has 0 bridgehead atoms. The number of thiazole rings is 1. The maximum atomic E-state index is 12.2. The first kappa shape index (κ1) is 17.2. The van der Waals surface area contributed by atoms with E-state index in [1.807, 2.05) is 42.8 Å². The summed E-state index contributed by atoms with van der Waals surface area (Å²) >= 11 is 1.45. The molecule has 3 aromatic heterocycles. The van der Waals surface area contributed by atoms with Crippen LogP contribution in [0.1, 0.15) is 26.5 Å². The highest BCUT2D eigenvalue weighted by molar-refractivity contribution is 7.15. The van der Waals surface area contributed by atoms with Crippen molar-refractivity contribution in [3.8, 4) is 5.75 Å². The Labute approximate surface area is 160 Å². The lowest BCUT2D eigenvalue weighted by molar-refractivity contribution is 0.102. The standard InChI is InChI=1S/C20H18N4O2S/c1-13-4-3-9-24-11-16(22-18(13)24)12-26-17-7-5-15(6-8-17)19(25)23-20-21-10-14(2)27-20/h3-11H,12H2,1-2H3,(H,21,23,25). The number of aryl methyl sites for hydroxylation is 2. The van der Waals surface area contributed by atoms with Crippen molar-refractivity contribution >= 4 is 28.0 Å². The van der Waals surface area contributed by atoms with E-state index in [4.69, 9.17) is 4.74 Å². The minimum Gasteiger partial charge on any atom is -0.487 e. The summed E-state index contributed by atoms with van der Waals surface area (Å²) in [4.78, 5) is 22.0. The summed E-state index contributed by atoms with van der Waals surface area (Å²) in [5.74, 6) is 0.497. The largest absolute Gasteiger partial charge is 0.487 e. The molecule has 0 radical (unpaired) electrons. The Morgan fingerprint density at radius 2 is 2.04 bits per heavy atom. The van der Waals surface area contributed by atoms with E-state index in [0.29, 0.717) is 23.1 Å². The number of anilines is 1. The van der Waals surface area contributed by atoms with Crippen LogP contribution in [0.2, 0.25) is 0 Å². The number of carbonyl (C=O) groups excluding carboxylic acids is 1. The Balaban J connectivity index is 1.39. The van der Waals surface area contributed by atoms with Gasteiger partial charge in [-0.2, -0.15) is 0 Å². The van der Waals surface area contributed by atoms with Gasteiger partial charge in [-0.1, -0.05) is 6.07 Å². The Morgan fingerprint density at radius 1 is 1.22 bits per heavy atom. The van der Waals surface area contributed by atoms with E-state index in [2.05, 4.69) is 15.3 Å². The zero-order valence-corrected chi connectivity index (χ0v) is 15.8. The summed E-state index contributed by atoms with van der Waals surface area (Å²) in [5.41, 5.74) is 3.46. The van der Waals surface area contributed by atoms with E-state index in [0.717, 1.165) is 21.8 Å². The summed E-state index contributed by atoms with van der Waals surface area (Å²) in [6.07, 6.45) is 5.66. The van der Waals surface area contributed by atoms with Crippen molar-refractivity contribution in [1.29, 1.82) is 0 Å². The van der Waals surface area contributed by atoms with Crippen molar-refractivity contribution in [3.63, 3.8) is 0 Å². The molecule has 136 valence electrons. The van der Waals surface area contributed by atoms with Gasteiger partial charge in [0.1, 0.15) is 18.0 Å². The van der Waals surface area contributed by atoms with Crippen molar-refractivity contribution in [2.24, 2.45) is 0 Å². The summed E-state index contributed by atoms with van der Waals surface area (Å²) < 4.78 is 7.79. The molecule has 7 heteroatoms. The van der Waals surface area contributed by atoms with Crippen LogP contribution in [-0.2, 0) is 6.61 Å². The molecular weight excluding hydrogens is 360 g/mol. The first-order chi connectivity index (χ1) is 13.1. The number of pyridine rings is 1. The number of amides is 1. The highest BCUT2D eigenvalue weighted by atomic mass is 32.1. The second-order valence-corrected chi connectivity index (χ2v) is 7.43. The van der Waals surface area contributed by atoms with Crippen LogP contribution in [0.3, 0.4) is 0 Å². The molecule has 0 saturated carbocycles. The van der Waals surface area contributed by atoms with Gasteiger partial charge < -0.3 is 9.14 Å². The maximum absolute atomic E-state index is 12.2. The number of carbonyl (C=O) groups is 1. The third kappa shape index (κ3) is 3.83. The SMILES string of the molecule is Cc1cnc(NC(=O)c2ccc(OCc3cn4cccc(C)c4n3)cc2)s1. The maximum Gasteiger partial charge on any atom is 0.257 e. The van der Waals surface area contributed by atoms with Crippen LogP contribution in [0.25, 0.3) is 5.65 Å². The quantitative estimate of drug-likeness (QED) is 0.564. The average Bonchev–Trinajstić information content (AvgIpc) is 3.27. The van der Waals surface area contributed by atoms with Crippen molar-refractivity contribution in [3.05, 3.63) is 76.7 Å². The van der Waals surface area contributed by atoms with Gasteiger partial charge >= 0.3 is 0 Å². The molecule has 1 aromatic carbocycles. The molecule has 0 unspecified atom stereocenters. The van der Waals surface area contributed by atoms with Gasteiger partial charge in [-0.15, -0.1) is 11.3 Å². The van der Waals surface area contributed by atoms with Crippen LogP contribution in [-0.4, -0.2) is 20.3 Å². The van der Waals surface area contributed by atoms with Crippen molar-refractivity contribution in [1.82, 2.24) is 14.4 Å². The van der Waals surface area contributed by atoms with Gasteiger partial charge in [0.15, 0.2) is 5.13 Å². The molecule has 27 heavy (non-hydrogen) atoms. The number of hydrogen-bond donors (Lipinski definition) is 1. The van der Waals surface area contributed by atoms with E-state index < -0.39 is 0 Å². The van der Waals surface area contributed by atoms with Crippen molar-refractivity contribution in [2.75, 3.05) is 5.32 Å². The van der Waals surface area contributed by atoms with E-state index in [1.54, 1.807) is 30.5 Å². The number of imidazole rings is 1. The second-order valence-electron chi connectivity index (χ2n) is 6.20. The Bertz CT molecular complexity index is 1100. The van der Waals surface area contributed by atoms with Gasteiger partial charge in [0.25, 0.3) is 5.91 Å². The fraction of sp³-hybridized carbons (Fsp3) is 0.150. The normalized spacial score (nSPS) is 10.9. The molecule has 1 amide bonds. The highest BCUT2D eigenvalue weighted by Crippen LogP contribution is 2.19. The van der Waals surface area contributed by atoms with Gasteiger partial charge in [0.05, 0.1) is 5.69 Å². The zero-order valence-electron chi connectivity index (χ0n) is 15.0. The molecule has 1 N–H and O–H groups in total. The third-order valence-electron chi connectivity index (χ3n) is 4.07. The third-order valence-corrected chi connectivity index (χ3v) is 4.90. The molecule has 0 spiro atoms. The average molecular weight is 378 g/mol. The van der Waals surface area contributed by atoms with Crippen LogP contribution in [0.5, 0.6) is 5.75 Å². The molecule has 3 heterocycles. The smallest absolute Gasteiger partial charge is 0.257 e. The highest BCUT2D eigenvalue weighted by Gasteiger charge is 2.09. The number of nitrogens with zero attached hydrogens (tertiary/aromatic N) is 3. The lowest BCUT2D eigenvalue weighted by Gasteiger charge is -2.06. The number of ether oxygens (including phenoxy) is 1. The van der Waals surface area contributed by atoms with Crippen LogP contribution in [0, 0.1) is 13.8 Å². The van der Waals surface area contributed by atoms with Gasteiger partial charge in [-0.25, -0.2) is 9.97 Å². The Morgan fingerprint density at radius 3 is 2.74 bits per heavy atom. The topological polar surface area (TPSA) is 68.5 Å². The van der Waals surface area contributed by atoms with Crippen LogP contribution >= 0.6 is 11.3 Å². The van der Waals surface area contributed by atoms with E-state index in [9.17, 15) is 4.79 Å². The lowest BCUT2D eigenvalue weighted by atomic mass is 10.2. The fourth-order valence-corrected chi connectivity index (χ4v) is 3.38. The number of fused-ring (bicyclic) bond motifs is 1. The van der Waals surface area contributed by atoms with Crippen LogP contribution in [0.4, 0.5) is 5.13 Å². The lowest BCUT2D eigenvalue weighted by Crippen LogP contribution is -2.11. The number of rotatable bonds is 5. The van der Waals surface area contributed by atoms with Crippen molar-refractivity contribution in [2.45, 2.75) is 20.5 Å². The molecule has 4 aromatic rings. The van der Waals surface area contributed by atoms with E-state index >= 15 is 0 Å². The molecule has 0 atom stereocenters. The van der Waals surface area contributed by atoms with E-state index in [1.165, 1.54) is 11.3 Å². The summed E-state index contributed by atoms with van der Waals surface area (Å²) in [6.45, 7) is 4.35. The molecule has 0 fully saturated rings. The molecule has 6 nitrogen and oxygen atoms in total. The summed E-state index contributed by atoms with van der Waals surface area (Å²) in [7, 11) is 0. The van der Waals surface area contributed by atoms with Crippen molar-refractivity contribution < 1.29 is 9.53 Å². The first-order valence-corrected chi connectivity index (χ1v) is 9.30. The molecule has 0 aliphatic rings. The first-order valence-electron chi connectivity index (χ1n) is 8.48. The predicted molar refractivity (Wildman–Crippen MR) is 106 cm³/mol. The van der Waals surface area contributed by atoms with Gasteiger partial charge in [0, 0.05) is 29.0 Å². The number of nitrogens with one attached hydrogen (secondary N) is 1. The minimum atomic E-state index is -0.188. The van der Waals surface area contributed by atoms with Gasteiger partial charge in [0.2, 0.25) is 0 Å². The molecule has 0 aliphatic carbocycles. The minimum absolute atomic E-state index is 0.188. The molecule has 4 rings (SSSR count). The Kier molecular flexibility index (Phi) is 4.60. The van der Waals surface area contributed by atoms with E-state index in [-0.39, 0.29) is 5.91 Å². The number of benzene rings is 1. The monoisotopic (exact) mass is 378 g/mol. The molecular formula is C20H18N4O2S. The molecule has 0 aliphatic heterocycles. The van der Waals surface area contributed by atoms with Gasteiger partial charge in [-0.3, -0.25) is 10.1 Å². The zero-order chi connectivity index (χ0) is 18.8. The molecule has 0 saturated heterocycles. The summed E-state index contributed by atoms with van der Waals surface area (Å²) in [6, 6.07) is 11.1.